The minimum Gasteiger partial charge on any atom is -0.269 e. The molecule has 0 unspecified atom stereocenters. The van der Waals surface area contributed by atoms with Gasteiger partial charge in [0.1, 0.15) is 5.56 Å². The van der Waals surface area contributed by atoms with Gasteiger partial charge in [-0.15, -0.1) is 11.3 Å². The first kappa shape index (κ1) is 15.1. The first-order chi connectivity index (χ1) is 12.0. The lowest BCUT2D eigenvalue weighted by molar-refractivity contribution is -0.385. The van der Waals surface area contributed by atoms with Crippen LogP contribution in [0.5, 0.6) is 0 Å². The standard InChI is InChI=1S/C15H8N4O5S/c20-11-6-8(16-15-17(11)4-5-25-15)7-18-13(21)9-2-1-3-10(19(23)24)12(9)14(18)22/h1-6H,7H2. The van der Waals surface area contributed by atoms with E-state index in [4.69, 9.17) is 0 Å². The maximum Gasteiger partial charge on any atom is 0.282 e. The molecule has 0 N–H and O–H groups in total. The van der Waals surface area contributed by atoms with Crippen LogP contribution in [0.15, 0.2) is 40.6 Å². The second-order valence-corrected chi connectivity index (χ2v) is 6.17. The highest BCUT2D eigenvalue weighted by atomic mass is 32.1. The van der Waals surface area contributed by atoms with Crippen LogP contribution in [0.4, 0.5) is 5.69 Å². The van der Waals surface area contributed by atoms with Crippen LogP contribution < -0.4 is 5.56 Å². The van der Waals surface area contributed by atoms with Gasteiger partial charge in [0.2, 0.25) is 0 Å². The number of hydrogen-bond acceptors (Lipinski definition) is 7. The van der Waals surface area contributed by atoms with Crippen molar-refractivity contribution in [2.45, 2.75) is 6.54 Å². The van der Waals surface area contributed by atoms with E-state index >= 15 is 0 Å². The summed E-state index contributed by atoms with van der Waals surface area (Å²) in [5.41, 5.74) is -0.756. The SMILES string of the molecule is O=C1c2cccc([N+](=O)[O-])c2C(=O)N1Cc1cc(=O)n2ccsc2n1. The highest BCUT2D eigenvalue weighted by Crippen LogP contribution is 2.31. The van der Waals surface area contributed by atoms with Gasteiger partial charge in [-0.1, -0.05) is 6.07 Å². The lowest BCUT2D eigenvalue weighted by atomic mass is 10.1. The second-order valence-electron chi connectivity index (χ2n) is 5.29. The highest BCUT2D eigenvalue weighted by Gasteiger charge is 2.41. The summed E-state index contributed by atoms with van der Waals surface area (Å²) in [6.07, 6.45) is 1.57. The summed E-state index contributed by atoms with van der Waals surface area (Å²) in [6.45, 7) is -0.229. The molecule has 2 amide bonds. The molecule has 0 bridgehead atoms. The Balaban J connectivity index is 1.75. The molecule has 10 heteroatoms. The first-order valence-corrected chi connectivity index (χ1v) is 7.94. The van der Waals surface area contributed by atoms with Gasteiger partial charge in [-0.05, 0) is 6.07 Å². The normalized spacial score (nSPS) is 13.5. The van der Waals surface area contributed by atoms with Gasteiger partial charge in [0, 0.05) is 23.7 Å². The molecule has 0 spiro atoms. The summed E-state index contributed by atoms with van der Waals surface area (Å²) in [7, 11) is 0. The van der Waals surface area contributed by atoms with Crippen molar-refractivity contribution in [2.75, 3.05) is 0 Å². The zero-order valence-corrected chi connectivity index (χ0v) is 13.2. The lowest BCUT2D eigenvalue weighted by Gasteiger charge is -2.12. The number of aromatic nitrogens is 2. The smallest absolute Gasteiger partial charge is 0.269 e. The van der Waals surface area contributed by atoms with Crippen LogP contribution in [0, 0.1) is 10.1 Å². The van der Waals surface area contributed by atoms with Crippen LogP contribution in [0.2, 0.25) is 0 Å². The quantitative estimate of drug-likeness (QED) is 0.399. The molecule has 0 saturated heterocycles. The van der Waals surface area contributed by atoms with Crippen molar-refractivity contribution in [3.63, 3.8) is 0 Å². The molecule has 1 aliphatic rings. The Hall–Kier alpha value is -3.40. The Morgan fingerprint density at radius 2 is 2.00 bits per heavy atom. The molecular weight excluding hydrogens is 348 g/mol. The summed E-state index contributed by atoms with van der Waals surface area (Å²) < 4.78 is 1.35. The molecule has 2 aromatic heterocycles. The molecular formula is C15H8N4O5S. The van der Waals surface area contributed by atoms with E-state index in [9.17, 15) is 24.5 Å². The number of nitrogens with zero attached hydrogens (tertiary/aromatic N) is 4. The Morgan fingerprint density at radius 1 is 1.20 bits per heavy atom. The summed E-state index contributed by atoms with van der Waals surface area (Å²) in [5.74, 6) is -1.41. The van der Waals surface area contributed by atoms with Crippen molar-refractivity contribution in [3.05, 3.63) is 73.1 Å². The van der Waals surface area contributed by atoms with Gasteiger partial charge in [0.15, 0.2) is 4.96 Å². The monoisotopic (exact) mass is 356 g/mol. The molecule has 1 aliphatic heterocycles. The third-order valence-electron chi connectivity index (χ3n) is 3.85. The summed E-state index contributed by atoms with van der Waals surface area (Å²) in [5, 5.41) is 12.8. The molecule has 3 aromatic rings. The Labute approximate surface area is 142 Å². The van der Waals surface area contributed by atoms with Gasteiger partial charge in [0.05, 0.1) is 22.7 Å². The van der Waals surface area contributed by atoms with Gasteiger partial charge in [-0.3, -0.25) is 33.8 Å². The van der Waals surface area contributed by atoms with E-state index in [2.05, 4.69) is 4.98 Å². The maximum atomic E-state index is 12.5. The summed E-state index contributed by atoms with van der Waals surface area (Å²) in [4.78, 5) is 53.0. The van der Waals surface area contributed by atoms with Crippen LogP contribution in [-0.4, -0.2) is 31.0 Å². The molecule has 1 aromatic carbocycles. The van der Waals surface area contributed by atoms with Crippen molar-refractivity contribution < 1.29 is 14.5 Å². The number of carbonyl (C=O) groups is 2. The topological polar surface area (TPSA) is 115 Å². The molecule has 0 aliphatic carbocycles. The highest BCUT2D eigenvalue weighted by molar-refractivity contribution is 7.15. The van der Waals surface area contributed by atoms with E-state index in [0.717, 1.165) is 4.90 Å². The Morgan fingerprint density at radius 3 is 2.76 bits per heavy atom. The van der Waals surface area contributed by atoms with E-state index < -0.39 is 22.4 Å². The molecule has 124 valence electrons. The Bertz CT molecular complexity index is 1130. The first-order valence-electron chi connectivity index (χ1n) is 7.07. The Kier molecular flexibility index (Phi) is 3.22. The van der Waals surface area contributed by atoms with Gasteiger partial charge >= 0.3 is 0 Å². The maximum absolute atomic E-state index is 12.5. The second kappa shape index (κ2) is 5.31. The minimum atomic E-state index is -0.763. The number of rotatable bonds is 3. The fraction of sp³-hybridized carbons (Fsp3) is 0.0667. The molecule has 0 fully saturated rings. The number of nitro benzene ring substituents is 1. The zero-order chi connectivity index (χ0) is 17.7. The molecule has 0 radical (unpaired) electrons. The molecule has 0 saturated carbocycles. The van der Waals surface area contributed by atoms with Crippen molar-refractivity contribution in [2.24, 2.45) is 0 Å². The lowest BCUT2D eigenvalue weighted by Crippen LogP contribution is -2.30. The average Bonchev–Trinajstić information content (AvgIpc) is 3.14. The van der Waals surface area contributed by atoms with Crippen molar-refractivity contribution in [1.82, 2.24) is 14.3 Å². The van der Waals surface area contributed by atoms with Crippen LogP contribution >= 0.6 is 11.3 Å². The van der Waals surface area contributed by atoms with Gasteiger partial charge in [0.25, 0.3) is 23.1 Å². The molecule has 9 nitrogen and oxygen atoms in total. The average molecular weight is 356 g/mol. The predicted octanol–water partition coefficient (Wildman–Crippen LogP) is 1.46. The number of thiazole rings is 1. The number of hydrogen-bond donors (Lipinski definition) is 0. The molecule has 0 atom stereocenters. The van der Waals surface area contributed by atoms with Gasteiger partial charge in [-0.25, -0.2) is 4.98 Å². The largest absolute Gasteiger partial charge is 0.282 e. The zero-order valence-electron chi connectivity index (χ0n) is 12.4. The molecule has 25 heavy (non-hydrogen) atoms. The van der Waals surface area contributed by atoms with E-state index in [1.165, 1.54) is 40.0 Å². The van der Waals surface area contributed by atoms with Crippen LogP contribution in [-0.2, 0) is 6.54 Å². The number of benzene rings is 1. The van der Waals surface area contributed by atoms with Crippen molar-refractivity contribution in [1.29, 1.82) is 0 Å². The third-order valence-corrected chi connectivity index (χ3v) is 4.61. The minimum absolute atomic E-state index is 0.0203. The van der Waals surface area contributed by atoms with Crippen LogP contribution in [0.3, 0.4) is 0 Å². The van der Waals surface area contributed by atoms with Crippen LogP contribution in [0.25, 0.3) is 4.96 Å². The third kappa shape index (κ3) is 2.22. The van der Waals surface area contributed by atoms with Crippen LogP contribution in [0.1, 0.15) is 26.4 Å². The summed E-state index contributed by atoms with van der Waals surface area (Å²) in [6, 6.07) is 5.13. The van der Waals surface area contributed by atoms with E-state index in [1.807, 2.05) is 0 Å². The van der Waals surface area contributed by atoms with Crippen molar-refractivity contribution >= 4 is 33.8 Å². The fourth-order valence-electron chi connectivity index (χ4n) is 2.74. The number of carbonyl (C=O) groups excluding carboxylic acids is 2. The van der Waals surface area contributed by atoms with Gasteiger partial charge in [-0.2, -0.15) is 0 Å². The molecule has 4 rings (SSSR count). The summed E-state index contributed by atoms with van der Waals surface area (Å²) >= 11 is 1.24. The van der Waals surface area contributed by atoms with E-state index in [-0.39, 0.29) is 28.9 Å². The number of amides is 2. The number of nitro groups is 1. The predicted molar refractivity (Wildman–Crippen MR) is 86.6 cm³/mol. The van der Waals surface area contributed by atoms with Gasteiger partial charge < -0.3 is 0 Å². The van der Waals surface area contributed by atoms with Crippen molar-refractivity contribution in [3.8, 4) is 0 Å². The molecule has 3 heterocycles. The van der Waals surface area contributed by atoms with E-state index in [1.54, 1.807) is 11.6 Å². The van der Waals surface area contributed by atoms with E-state index in [0.29, 0.717) is 4.96 Å². The number of imide groups is 1. The fourth-order valence-corrected chi connectivity index (χ4v) is 3.48. The number of fused-ring (bicyclic) bond motifs is 2.